The lowest BCUT2D eigenvalue weighted by Crippen LogP contribution is -3.00. The topological polar surface area (TPSA) is 63.3 Å². The Hall–Kier alpha value is -1.10. The number of halogens is 1. The average molecular weight is 259 g/mol. The number of rotatable bonds is 5. The summed E-state index contributed by atoms with van der Waals surface area (Å²) in [6, 6.07) is 6.91. The molecule has 0 aromatic heterocycles. The van der Waals surface area contributed by atoms with Gasteiger partial charge in [-0.2, -0.15) is 0 Å². The van der Waals surface area contributed by atoms with Gasteiger partial charge in [0.25, 0.3) is 0 Å². The zero-order valence-corrected chi connectivity index (χ0v) is 10.9. The number of anilines is 1. The highest BCUT2D eigenvalue weighted by atomic mass is 35.5. The highest BCUT2D eigenvalue weighted by Gasteiger charge is 2.20. The van der Waals surface area contributed by atoms with E-state index in [1.165, 1.54) is 0 Å². The minimum Gasteiger partial charge on any atom is -1.00 e. The molecule has 0 saturated carbocycles. The molecule has 0 atom stereocenters. The smallest absolute Gasteiger partial charge is 0.216 e. The summed E-state index contributed by atoms with van der Waals surface area (Å²) in [5, 5.41) is 8.88. The third-order valence-corrected chi connectivity index (χ3v) is 2.51. The second-order valence-electron chi connectivity index (χ2n) is 4.59. The number of carbonyl (C=O) groups excluding carboxylic acids is 1. The first kappa shape index (κ1) is 15.9. The van der Waals surface area contributed by atoms with Crippen molar-refractivity contribution in [3.8, 4) is 0 Å². The summed E-state index contributed by atoms with van der Waals surface area (Å²) in [5.41, 5.74) is 6.87. The van der Waals surface area contributed by atoms with Gasteiger partial charge in [0.05, 0.1) is 20.7 Å². The molecule has 0 heterocycles. The average Bonchev–Trinajstić information content (AvgIpc) is 2.17. The lowest BCUT2D eigenvalue weighted by molar-refractivity contribution is -0.882. The van der Waals surface area contributed by atoms with E-state index in [1.54, 1.807) is 24.3 Å². The molecule has 0 saturated heterocycles. The number of nitrogens with zero attached hydrogens (tertiary/aromatic N) is 1. The van der Waals surface area contributed by atoms with Crippen molar-refractivity contribution in [3.63, 3.8) is 0 Å². The Morgan fingerprint density at radius 1 is 1.29 bits per heavy atom. The maximum atomic E-state index is 11.9. The standard InChI is InChI=1S/C12H18N2O2.ClH/c1-14(2,7-8-15)9-12(16)10-3-5-11(13)6-4-10;/h3-6,15H,7-9H2,1-2H3,(H-,13,16);1H. The van der Waals surface area contributed by atoms with Gasteiger partial charge in [0.1, 0.15) is 13.1 Å². The first-order chi connectivity index (χ1) is 7.44. The van der Waals surface area contributed by atoms with Crippen molar-refractivity contribution in [3.05, 3.63) is 29.8 Å². The Balaban J connectivity index is 0.00000256. The summed E-state index contributed by atoms with van der Waals surface area (Å²) in [6.07, 6.45) is 0. The minimum atomic E-state index is 0. The molecular weight excluding hydrogens is 240 g/mol. The summed E-state index contributed by atoms with van der Waals surface area (Å²) in [5.74, 6) is 0.0680. The molecule has 1 rings (SSSR count). The molecule has 4 nitrogen and oxygen atoms in total. The van der Waals surface area contributed by atoms with E-state index in [9.17, 15) is 4.79 Å². The molecular formula is C12H19ClN2O2. The van der Waals surface area contributed by atoms with Crippen LogP contribution < -0.4 is 18.1 Å². The molecule has 0 fully saturated rings. The molecule has 0 aliphatic heterocycles. The van der Waals surface area contributed by atoms with E-state index >= 15 is 0 Å². The number of Topliss-reactive ketones (excluding diaryl/α,β-unsaturated/α-hetero) is 1. The van der Waals surface area contributed by atoms with Gasteiger partial charge in [0.15, 0.2) is 0 Å². The van der Waals surface area contributed by atoms with Crippen LogP contribution in [-0.4, -0.2) is 49.2 Å². The van der Waals surface area contributed by atoms with Gasteiger partial charge in [-0.15, -0.1) is 0 Å². The lowest BCUT2D eigenvalue weighted by atomic mass is 10.1. The number of nitrogens with two attached hydrogens (primary N) is 1. The first-order valence-electron chi connectivity index (χ1n) is 5.26. The fourth-order valence-corrected chi connectivity index (χ4v) is 1.50. The van der Waals surface area contributed by atoms with E-state index in [0.29, 0.717) is 28.8 Å². The molecule has 0 unspecified atom stereocenters. The van der Waals surface area contributed by atoms with Crippen LogP contribution in [-0.2, 0) is 0 Å². The molecule has 5 heteroatoms. The first-order valence-corrected chi connectivity index (χ1v) is 5.26. The van der Waals surface area contributed by atoms with Gasteiger partial charge < -0.3 is 27.7 Å². The summed E-state index contributed by atoms with van der Waals surface area (Å²) >= 11 is 0. The van der Waals surface area contributed by atoms with Gasteiger partial charge in [-0.25, -0.2) is 0 Å². The highest BCUT2D eigenvalue weighted by molar-refractivity contribution is 5.97. The Kier molecular flexibility index (Phi) is 6.16. The van der Waals surface area contributed by atoms with Crippen molar-refractivity contribution < 1.29 is 26.8 Å². The monoisotopic (exact) mass is 258 g/mol. The largest absolute Gasteiger partial charge is 1.00 e. The summed E-state index contributed by atoms with van der Waals surface area (Å²) in [7, 11) is 3.84. The fourth-order valence-electron chi connectivity index (χ4n) is 1.50. The van der Waals surface area contributed by atoms with Crippen LogP contribution in [0.1, 0.15) is 10.4 Å². The Labute approximate surface area is 108 Å². The van der Waals surface area contributed by atoms with Crippen LogP contribution in [0.4, 0.5) is 5.69 Å². The second-order valence-corrected chi connectivity index (χ2v) is 4.59. The molecule has 0 aliphatic carbocycles. The molecule has 96 valence electrons. The van der Waals surface area contributed by atoms with Crippen molar-refractivity contribution in [2.45, 2.75) is 0 Å². The fraction of sp³-hybridized carbons (Fsp3) is 0.417. The maximum absolute atomic E-state index is 11.9. The predicted octanol–water partition coefficient (Wildman–Crippen LogP) is -2.48. The predicted molar refractivity (Wildman–Crippen MR) is 64.1 cm³/mol. The minimum absolute atomic E-state index is 0. The van der Waals surface area contributed by atoms with E-state index in [2.05, 4.69) is 0 Å². The van der Waals surface area contributed by atoms with Crippen LogP contribution in [0, 0.1) is 0 Å². The van der Waals surface area contributed by atoms with Crippen molar-refractivity contribution in [2.75, 3.05) is 39.5 Å². The van der Waals surface area contributed by atoms with Crippen molar-refractivity contribution in [1.29, 1.82) is 0 Å². The van der Waals surface area contributed by atoms with Crippen LogP contribution in [0.3, 0.4) is 0 Å². The molecule has 0 aliphatic rings. The Morgan fingerprint density at radius 2 is 1.82 bits per heavy atom. The zero-order valence-electron chi connectivity index (χ0n) is 10.2. The van der Waals surface area contributed by atoms with Gasteiger partial charge in [-0.1, -0.05) is 0 Å². The molecule has 1 aromatic rings. The number of carbonyl (C=O) groups is 1. The van der Waals surface area contributed by atoms with Crippen LogP contribution in [0.15, 0.2) is 24.3 Å². The van der Waals surface area contributed by atoms with E-state index < -0.39 is 0 Å². The maximum Gasteiger partial charge on any atom is 0.216 e. The van der Waals surface area contributed by atoms with Crippen LogP contribution >= 0.6 is 0 Å². The SMILES string of the molecule is C[N+](C)(CCO)CC(=O)c1ccc(N)cc1.[Cl-]. The highest BCUT2D eigenvalue weighted by Crippen LogP contribution is 2.08. The number of aliphatic hydroxyl groups excluding tert-OH is 1. The van der Waals surface area contributed by atoms with Crippen LogP contribution in [0.5, 0.6) is 0 Å². The normalized spacial score (nSPS) is 10.8. The van der Waals surface area contributed by atoms with Crippen molar-refractivity contribution >= 4 is 11.5 Å². The number of benzene rings is 1. The Bertz CT molecular complexity index is 363. The summed E-state index contributed by atoms with van der Waals surface area (Å²) in [4.78, 5) is 11.9. The van der Waals surface area contributed by atoms with Gasteiger partial charge in [0.2, 0.25) is 5.78 Å². The van der Waals surface area contributed by atoms with E-state index in [0.717, 1.165) is 0 Å². The number of likely N-dealkylation sites (N-methyl/N-ethyl adjacent to an activating group) is 1. The second kappa shape index (κ2) is 6.59. The molecule has 3 N–H and O–H groups in total. The van der Waals surface area contributed by atoms with Gasteiger partial charge in [0, 0.05) is 11.3 Å². The number of nitrogen functional groups attached to an aromatic ring is 1. The number of ketones is 1. The lowest BCUT2D eigenvalue weighted by Gasteiger charge is -2.27. The quantitative estimate of drug-likeness (QED) is 0.349. The van der Waals surface area contributed by atoms with E-state index in [1.807, 2.05) is 14.1 Å². The molecule has 0 amide bonds. The molecule has 0 spiro atoms. The van der Waals surface area contributed by atoms with E-state index in [-0.39, 0.29) is 24.8 Å². The van der Waals surface area contributed by atoms with Gasteiger partial charge in [-0.05, 0) is 24.3 Å². The molecule has 17 heavy (non-hydrogen) atoms. The van der Waals surface area contributed by atoms with Crippen LogP contribution in [0.2, 0.25) is 0 Å². The van der Waals surface area contributed by atoms with Gasteiger partial charge in [-0.3, -0.25) is 4.79 Å². The molecule has 0 bridgehead atoms. The number of hydrogen-bond donors (Lipinski definition) is 2. The number of quaternary nitrogens is 1. The Morgan fingerprint density at radius 3 is 2.29 bits per heavy atom. The third-order valence-electron chi connectivity index (χ3n) is 2.51. The molecule has 0 radical (unpaired) electrons. The van der Waals surface area contributed by atoms with Crippen molar-refractivity contribution in [2.24, 2.45) is 0 Å². The summed E-state index contributed by atoms with van der Waals surface area (Å²) in [6.45, 7) is 1.03. The van der Waals surface area contributed by atoms with Crippen LogP contribution in [0.25, 0.3) is 0 Å². The number of hydrogen-bond acceptors (Lipinski definition) is 3. The zero-order chi connectivity index (χ0) is 12.2. The van der Waals surface area contributed by atoms with Gasteiger partial charge >= 0.3 is 0 Å². The van der Waals surface area contributed by atoms with E-state index in [4.69, 9.17) is 10.8 Å². The molecule has 1 aromatic carbocycles. The number of aliphatic hydroxyl groups is 1. The van der Waals surface area contributed by atoms with Crippen molar-refractivity contribution in [1.82, 2.24) is 0 Å². The third kappa shape index (κ3) is 5.17. The summed E-state index contributed by atoms with van der Waals surface area (Å²) < 4.78 is 0.486.